The summed E-state index contributed by atoms with van der Waals surface area (Å²) >= 11 is 2.13. The van der Waals surface area contributed by atoms with Crippen LogP contribution in [0.2, 0.25) is 0 Å². The molecule has 3 atom stereocenters. The number of hydrogen-bond donors (Lipinski definition) is 1. The molecule has 2 heteroatoms. The summed E-state index contributed by atoms with van der Waals surface area (Å²) in [4.78, 5) is 0. The lowest BCUT2D eigenvalue weighted by atomic mass is 10.0. The fourth-order valence-corrected chi connectivity index (χ4v) is 3.80. The van der Waals surface area contributed by atoms with Gasteiger partial charge < -0.3 is 5.32 Å². The Kier molecular flexibility index (Phi) is 3.56. The van der Waals surface area contributed by atoms with Crippen molar-refractivity contribution in [3.63, 3.8) is 0 Å². The van der Waals surface area contributed by atoms with Gasteiger partial charge in [0.1, 0.15) is 0 Å². The predicted molar refractivity (Wildman–Crippen MR) is 60.2 cm³/mol. The molecule has 0 bridgehead atoms. The maximum Gasteiger partial charge on any atom is 0.00928 e. The van der Waals surface area contributed by atoms with E-state index < -0.39 is 0 Å². The summed E-state index contributed by atoms with van der Waals surface area (Å²) < 4.78 is 0. The van der Waals surface area contributed by atoms with Crippen molar-refractivity contribution in [2.75, 3.05) is 18.1 Å². The topological polar surface area (TPSA) is 12.0 Å². The van der Waals surface area contributed by atoms with Gasteiger partial charge in [0, 0.05) is 6.04 Å². The van der Waals surface area contributed by atoms with Crippen LogP contribution in [0.25, 0.3) is 0 Å². The first-order valence-corrected chi connectivity index (χ1v) is 6.83. The van der Waals surface area contributed by atoms with E-state index >= 15 is 0 Å². The van der Waals surface area contributed by atoms with Crippen LogP contribution in [-0.4, -0.2) is 24.1 Å². The smallest absolute Gasteiger partial charge is 0.00928 e. The second-order valence-corrected chi connectivity index (χ2v) is 5.80. The van der Waals surface area contributed by atoms with Gasteiger partial charge in [-0.15, -0.1) is 0 Å². The van der Waals surface area contributed by atoms with E-state index in [1.807, 2.05) is 0 Å². The third-order valence-corrected chi connectivity index (χ3v) is 4.79. The van der Waals surface area contributed by atoms with Crippen LogP contribution in [0, 0.1) is 11.8 Å². The summed E-state index contributed by atoms with van der Waals surface area (Å²) in [6, 6.07) is 0.839. The van der Waals surface area contributed by atoms with E-state index in [1.54, 1.807) is 0 Å². The Hall–Kier alpha value is 0.310. The monoisotopic (exact) mass is 199 g/mol. The van der Waals surface area contributed by atoms with E-state index in [4.69, 9.17) is 0 Å². The van der Waals surface area contributed by atoms with Crippen molar-refractivity contribution in [1.29, 1.82) is 0 Å². The molecule has 0 spiro atoms. The minimum atomic E-state index is 0.839. The lowest BCUT2D eigenvalue weighted by Gasteiger charge is -2.19. The van der Waals surface area contributed by atoms with Gasteiger partial charge in [0.2, 0.25) is 0 Å². The van der Waals surface area contributed by atoms with Gasteiger partial charge >= 0.3 is 0 Å². The molecule has 76 valence electrons. The van der Waals surface area contributed by atoms with Gasteiger partial charge in [-0.05, 0) is 49.1 Å². The van der Waals surface area contributed by atoms with E-state index in [-0.39, 0.29) is 0 Å². The summed E-state index contributed by atoms with van der Waals surface area (Å²) in [6.45, 7) is 3.68. The molecular weight excluding hydrogens is 178 g/mol. The molecule has 0 radical (unpaired) electrons. The molecule has 2 rings (SSSR count). The minimum Gasteiger partial charge on any atom is -0.313 e. The first-order valence-electron chi connectivity index (χ1n) is 5.67. The second-order valence-electron chi connectivity index (χ2n) is 4.65. The van der Waals surface area contributed by atoms with E-state index in [0.29, 0.717) is 0 Å². The zero-order valence-electron chi connectivity index (χ0n) is 8.59. The molecule has 0 aromatic heterocycles. The van der Waals surface area contributed by atoms with Gasteiger partial charge in [-0.2, -0.15) is 11.8 Å². The van der Waals surface area contributed by atoms with Gasteiger partial charge in [-0.25, -0.2) is 0 Å². The van der Waals surface area contributed by atoms with Gasteiger partial charge in [-0.1, -0.05) is 13.3 Å². The summed E-state index contributed by atoms with van der Waals surface area (Å²) in [5.74, 6) is 4.69. The molecule has 2 aliphatic rings. The number of rotatable bonds is 3. The molecule has 13 heavy (non-hydrogen) atoms. The summed E-state index contributed by atoms with van der Waals surface area (Å²) in [7, 11) is 0. The Morgan fingerprint density at radius 3 is 2.85 bits per heavy atom. The molecule has 0 aromatic carbocycles. The van der Waals surface area contributed by atoms with Crippen LogP contribution < -0.4 is 5.32 Å². The van der Waals surface area contributed by atoms with Crippen LogP contribution in [0.15, 0.2) is 0 Å². The lowest BCUT2D eigenvalue weighted by molar-refractivity contribution is 0.394. The highest BCUT2D eigenvalue weighted by Crippen LogP contribution is 2.26. The maximum absolute atomic E-state index is 3.76. The molecular formula is C11H21NS. The molecule has 3 unspecified atom stereocenters. The highest BCUT2D eigenvalue weighted by atomic mass is 32.2. The van der Waals surface area contributed by atoms with Crippen molar-refractivity contribution in [3.8, 4) is 0 Å². The zero-order valence-corrected chi connectivity index (χ0v) is 9.41. The van der Waals surface area contributed by atoms with Crippen molar-refractivity contribution in [2.45, 2.75) is 38.6 Å². The van der Waals surface area contributed by atoms with Crippen molar-refractivity contribution in [3.05, 3.63) is 0 Å². The largest absolute Gasteiger partial charge is 0.313 e. The van der Waals surface area contributed by atoms with Crippen molar-refractivity contribution >= 4 is 11.8 Å². The van der Waals surface area contributed by atoms with Crippen LogP contribution in [0.4, 0.5) is 0 Å². The van der Waals surface area contributed by atoms with Gasteiger partial charge in [0.15, 0.2) is 0 Å². The third-order valence-electron chi connectivity index (χ3n) is 3.55. The second kappa shape index (κ2) is 4.70. The molecule has 1 N–H and O–H groups in total. The Morgan fingerprint density at radius 1 is 1.31 bits per heavy atom. The van der Waals surface area contributed by atoms with Gasteiger partial charge in [0.05, 0.1) is 0 Å². The van der Waals surface area contributed by atoms with Gasteiger partial charge in [-0.3, -0.25) is 0 Å². The standard InChI is InChI=1S/C11H21NS/c1-9-3-2-4-11(9)12-7-10-5-6-13-8-10/h9-12H,2-8H2,1H3. The maximum atomic E-state index is 3.76. The van der Waals surface area contributed by atoms with Crippen molar-refractivity contribution < 1.29 is 0 Å². The fraction of sp³-hybridized carbons (Fsp3) is 1.00. The Bertz CT molecular complexity index is 154. The van der Waals surface area contributed by atoms with Crippen LogP contribution in [0.3, 0.4) is 0 Å². The zero-order chi connectivity index (χ0) is 9.10. The molecule has 2 fully saturated rings. The average molecular weight is 199 g/mol. The molecule has 0 amide bonds. The van der Waals surface area contributed by atoms with Crippen LogP contribution >= 0.6 is 11.8 Å². The first kappa shape index (κ1) is 9.85. The van der Waals surface area contributed by atoms with E-state index in [9.17, 15) is 0 Å². The van der Waals surface area contributed by atoms with Gasteiger partial charge in [0.25, 0.3) is 0 Å². The quantitative estimate of drug-likeness (QED) is 0.749. The van der Waals surface area contributed by atoms with E-state index in [0.717, 1.165) is 17.9 Å². The normalized spacial score (nSPS) is 39.9. The fourth-order valence-electron chi connectivity index (χ4n) is 2.51. The number of nitrogens with one attached hydrogen (secondary N) is 1. The summed E-state index contributed by atoms with van der Waals surface area (Å²) in [5, 5.41) is 3.76. The van der Waals surface area contributed by atoms with Crippen LogP contribution in [0.5, 0.6) is 0 Å². The van der Waals surface area contributed by atoms with Crippen molar-refractivity contribution in [1.82, 2.24) is 5.32 Å². The molecule has 1 saturated heterocycles. The minimum absolute atomic E-state index is 0.839. The Morgan fingerprint density at radius 2 is 2.23 bits per heavy atom. The highest BCUT2D eigenvalue weighted by Gasteiger charge is 2.24. The van der Waals surface area contributed by atoms with Crippen LogP contribution in [0.1, 0.15) is 32.6 Å². The summed E-state index contributed by atoms with van der Waals surface area (Å²) in [6.07, 6.45) is 5.75. The highest BCUT2D eigenvalue weighted by molar-refractivity contribution is 7.99. The SMILES string of the molecule is CC1CCCC1NCC1CCSC1. The average Bonchev–Trinajstić information content (AvgIpc) is 2.72. The Labute approximate surface area is 86.0 Å². The molecule has 1 saturated carbocycles. The molecule has 0 aromatic rings. The number of thioether (sulfide) groups is 1. The molecule has 1 heterocycles. The Balaban J connectivity index is 1.66. The van der Waals surface area contributed by atoms with E-state index in [1.165, 1.54) is 43.7 Å². The van der Waals surface area contributed by atoms with E-state index in [2.05, 4.69) is 24.0 Å². The molecule has 1 nitrogen and oxygen atoms in total. The molecule has 1 aliphatic heterocycles. The lowest BCUT2D eigenvalue weighted by Crippen LogP contribution is -2.35. The predicted octanol–water partition coefficient (Wildman–Crippen LogP) is 2.52. The van der Waals surface area contributed by atoms with Crippen molar-refractivity contribution in [2.24, 2.45) is 11.8 Å². The van der Waals surface area contributed by atoms with Crippen LogP contribution in [-0.2, 0) is 0 Å². The first-order chi connectivity index (χ1) is 6.36. The molecule has 1 aliphatic carbocycles. The third kappa shape index (κ3) is 2.63. The summed E-state index contributed by atoms with van der Waals surface area (Å²) in [5.41, 5.74) is 0. The number of hydrogen-bond acceptors (Lipinski definition) is 2.